The van der Waals surface area contributed by atoms with Gasteiger partial charge in [0, 0.05) is 10.2 Å². The Bertz CT molecular complexity index is 364. The number of anilines is 1. The van der Waals surface area contributed by atoms with Crippen molar-refractivity contribution < 1.29 is 0 Å². The molecule has 0 spiro atoms. The number of rotatable bonds is 1. The van der Waals surface area contributed by atoms with Gasteiger partial charge in [0.1, 0.15) is 0 Å². The number of halogens is 1. The highest BCUT2D eigenvalue weighted by Crippen LogP contribution is 2.30. The van der Waals surface area contributed by atoms with Crippen molar-refractivity contribution in [2.24, 2.45) is 0 Å². The van der Waals surface area contributed by atoms with Gasteiger partial charge >= 0.3 is 0 Å². The summed E-state index contributed by atoms with van der Waals surface area (Å²) in [6.45, 7) is 4.11. The molecule has 1 rings (SSSR count). The van der Waals surface area contributed by atoms with Crippen LogP contribution in [0.5, 0.6) is 0 Å². The Kier molecular flexibility index (Phi) is 2.94. The maximum Gasteiger partial charge on any atom is 0.0992 e. The van der Waals surface area contributed by atoms with Crippen LogP contribution in [0.15, 0.2) is 16.6 Å². The average Bonchev–Trinajstić information content (AvgIpc) is 2.09. The summed E-state index contributed by atoms with van der Waals surface area (Å²) in [4.78, 5) is 0. The van der Waals surface area contributed by atoms with Gasteiger partial charge in [-0.1, -0.05) is 13.8 Å². The van der Waals surface area contributed by atoms with E-state index in [1.165, 1.54) is 0 Å². The predicted octanol–water partition coefficient (Wildman–Crippen LogP) is 3.03. The van der Waals surface area contributed by atoms with Crippen LogP contribution in [0.1, 0.15) is 30.9 Å². The van der Waals surface area contributed by atoms with E-state index in [4.69, 9.17) is 11.0 Å². The van der Waals surface area contributed by atoms with Crippen molar-refractivity contribution in [3.63, 3.8) is 0 Å². The number of nitriles is 1. The Morgan fingerprint density at radius 2 is 2.08 bits per heavy atom. The fraction of sp³-hybridized carbons (Fsp3) is 0.300. The third-order valence-electron chi connectivity index (χ3n) is 1.91. The van der Waals surface area contributed by atoms with Gasteiger partial charge in [0.05, 0.1) is 11.6 Å². The van der Waals surface area contributed by atoms with Crippen LogP contribution < -0.4 is 5.73 Å². The molecular weight excluding hydrogens is 228 g/mol. The molecule has 1 aromatic carbocycles. The van der Waals surface area contributed by atoms with Crippen molar-refractivity contribution in [1.82, 2.24) is 0 Å². The minimum atomic E-state index is 0.338. The van der Waals surface area contributed by atoms with Gasteiger partial charge in [0.25, 0.3) is 0 Å². The minimum Gasteiger partial charge on any atom is -0.398 e. The summed E-state index contributed by atoms with van der Waals surface area (Å²) < 4.78 is 0.801. The monoisotopic (exact) mass is 238 g/mol. The zero-order valence-corrected chi connectivity index (χ0v) is 9.22. The van der Waals surface area contributed by atoms with Crippen molar-refractivity contribution >= 4 is 21.6 Å². The number of hydrogen-bond acceptors (Lipinski definition) is 2. The first-order chi connectivity index (χ1) is 6.06. The zero-order valence-electron chi connectivity index (χ0n) is 7.63. The first-order valence-corrected chi connectivity index (χ1v) is 4.84. The van der Waals surface area contributed by atoms with Crippen LogP contribution in [0.25, 0.3) is 0 Å². The van der Waals surface area contributed by atoms with Crippen molar-refractivity contribution in [1.29, 1.82) is 5.26 Å². The molecule has 1 aromatic rings. The van der Waals surface area contributed by atoms with Crippen molar-refractivity contribution in [2.45, 2.75) is 19.8 Å². The lowest BCUT2D eigenvalue weighted by molar-refractivity contribution is 0.868. The lowest BCUT2D eigenvalue weighted by Crippen LogP contribution is -1.98. The SMILES string of the molecule is CC(C)c1cc(C#N)cc(Br)c1N. The van der Waals surface area contributed by atoms with Crippen molar-refractivity contribution in [3.05, 3.63) is 27.7 Å². The van der Waals surface area contributed by atoms with Crippen LogP contribution >= 0.6 is 15.9 Å². The highest BCUT2D eigenvalue weighted by atomic mass is 79.9. The van der Waals surface area contributed by atoms with Crippen LogP contribution in [0.3, 0.4) is 0 Å². The first kappa shape index (κ1) is 10.1. The number of benzene rings is 1. The van der Waals surface area contributed by atoms with Crippen molar-refractivity contribution in [3.8, 4) is 6.07 Å². The molecule has 0 unspecified atom stereocenters. The van der Waals surface area contributed by atoms with E-state index < -0.39 is 0 Å². The number of nitrogens with two attached hydrogens (primary N) is 1. The fourth-order valence-electron chi connectivity index (χ4n) is 1.18. The minimum absolute atomic E-state index is 0.338. The summed E-state index contributed by atoms with van der Waals surface area (Å²) in [7, 11) is 0. The summed E-state index contributed by atoms with van der Waals surface area (Å²) in [5, 5.41) is 8.75. The second-order valence-corrected chi connectivity index (χ2v) is 4.08. The smallest absolute Gasteiger partial charge is 0.0992 e. The van der Waals surface area contributed by atoms with E-state index in [1.807, 2.05) is 6.07 Å². The van der Waals surface area contributed by atoms with Crippen LogP contribution in [0, 0.1) is 11.3 Å². The van der Waals surface area contributed by atoms with Gasteiger partial charge in [0.15, 0.2) is 0 Å². The number of nitrogens with zero attached hydrogens (tertiary/aromatic N) is 1. The van der Waals surface area contributed by atoms with Gasteiger partial charge in [-0.3, -0.25) is 0 Å². The van der Waals surface area contributed by atoms with E-state index in [1.54, 1.807) is 6.07 Å². The molecule has 0 bridgehead atoms. The molecule has 0 radical (unpaired) electrons. The molecule has 3 heteroatoms. The molecular formula is C10H11BrN2. The van der Waals surface area contributed by atoms with E-state index in [-0.39, 0.29) is 0 Å². The molecule has 0 aliphatic heterocycles. The Labute approximate surface area is 86.5 Å². The topological polar surface area (TPSA) is 49.8 Å². The lowest BCUT2D eigenvalue weighted by Gasteiger charge is -2.11. The van der Waals surface area contributed by atoms with Crippen molar-refractivity contribution in [2.75, 3.05) is 5.73 Å². The molecule has 0 fully saturated rings. The molecule has 0 saturated carbocycles. The van der Waals surface area contributed by atoms with E-state index in [0.717, 1.165) is 15.7 Å². The van der Waals surface area contributed by atoms with E-state index in [2.05, 4.69) is 35.8 Å². The normalized spacial score (nSPS) is 10.1. The summed E-state index contributed by atoms with van der Waals surface area (Å²) in [6, 6.07) is 5.68. The molecule has 0 heterocycles. The number of hydrogen-bond donors (Lipinski definition) is 1. The summed E-state index contributed by atoms with van der Waals surface area (Å²) in [6.07, 6.45) is 0. The summed E-state index contributed by atoms with van der Waals surface area (Å²) >= 11 is 3.33. The molecule has 0 amide bonds. The molecule has 13 heavy (non-hydrogen) atoms. The molecule has 0 aliphatic rings. The zero-order chi connectivity index (χ0) is 10.0. The Hall–Kier alpha value is -1.01. The maximum atomic E-state index is 8.75. The molecule has 0 aliphatic carbocycles. The maximum absolute atomic E-state index is 8.75. The number of nitrogen functional groups attached to an aromatic ring is 1. The van der Waals surface area contributed by atoms with Crippen LogP contribution in [-0.4, -0.2) is 0 Å². The second-order valence-electron chi connectivity index (χ2n) is 3.23. The van der Waals surface area contributed by atoms with Gasteiger partial charge in [-0.05, 0) is 39.5 Å². The fourth-order valence-corrected chi connectivity index (χ4v) is 1.66. The predicted molar refractivity (Wildman–Crippen MR) is 57.4 cm³/mol. The summed E-state index contributed by atoms with van der Waals surface area (Å²) in [5.74, 6) is 0.338. The van der Waals surface area contributed by atoms with E-state index in [9.17, 15) is 0 Å². The second kappa shape index (κ2) is 3.80. The quantitative estimate of drug-likeness (QED) is 0.765. The van der Waals surface area contributed by atoms with Crippen LogP contribution in [0.4, 0.5) is 5.69 Å². The highest BCUT2D eigenvalue weighted by molar-refractivity contribution is 9.10. The Morgan fingerprint density at radius 3 is 2.54 bits per heavy atom. The summed E-state index contributed by atoms with van der Waals surface area (Å²) in [5.41, 5.74) is 8.24. The van der Waals surface area contributed by atoms with Gasteiger partial charge in [-0.2, -0.15) is 5.26 Å². The molecule has 2 nitrogen and oxygen atoms in total. The van der Waals surface area contributed by atoms with Gasteiger partial charge in [0.2, 0.25) is 0 Å². The Morgan fingerprint density at radius 1 is 1.46 bits per heavy atom. The molecule has 0 saturated heterocycles. The molecule has 2 N–H and O–H groups in total. The average molecular weight is 239 g/mol. The molecule has 0 atom stereocenters. The highest BCUT2D eigenvalue weighted by Gasteiger charge is 2.08. The Balaban J connectivity index is 3.35. The van der Waals surface area contributed by atoms with Gasteiger partial charge < -0.3 is 5.73 Å². The van der Waals surface area contributed by atoms with Crippen LogP contribution in [0.2, 0.25) is 0 Å². The van der Waals surface area contributed by atoms with E-state index >= 15 is 0 Å². The standard InChI is InChI=1S/C10H11BrN2/c1-6(2)8-3-7(5-12)4-9(11)10(8)13/h3-4,6H,13H2,1-2H3. The molecule has 0 aromatic heterocycles. The van der Waals surface area contributed by atoms with E-state index in [0.29, 0.717) is 11.5 Å². The van der Waals surface area contributed by atoms with Gasteiger partial charge in [-0.15, -0.1) is 0 Å². The third kappa shape index (κ3) is 2.02. The van der Waals surface area contributed by atoms with Crippen LogP contribution in [-0.2, 0) is 0 Å². The van der Waals surface area contributed by atoms with Gasteiger partial charge in [-0.25, -0.2) is 0 Å². The third-order valence-corrected chi connectivity index (χ3v) is 2.57. The lowest BCUT2D eigenvalue weighted by atomic mass is 9.99. The largest absolute Gasteiger partial charge is 0.398 e. The molecule has 68 valence electrons. The first-order valence-electron chi connectivity index (χ1n) is 4.05.